The maximum Gasteiger partial charge on any atom is 0.416 e. The predicted octanol–water partition coefficient (Wildman–Crippen LogP) is 3.19. The van der Waals surface area contributed by atoms with E-state index in [1.54, 1.807) is 6.20 Å². The maximum absolute atomic E-state index is 13.0. The highest BCUT2D eigenvalue weighted by molar-refractivity contribution is 5.96. The number of alkyl halides is 3. The number of nitrogens with two attached hydrogens (primary N) is 1. The van der Waals surface area contributed by atoms with E-state index in [2.05, 4.69) is 15.5 Å². The molecule has 0 radical (unpaired) electrons. The molecule has 1 aliphatic rings. The highest BCUT2D eigenvalue weighted by atomic mass is 19.4. The van der Waals surface area contributed by atoms with Gasteiger partial charge < -0.3 is 11.1 Å². The molecule has 25 heavy (non-hydrogen) atoms. The van der Waals surface area contributed by atoms with Gasteiger partial charge in [0, 0.05) is 12.2 Å². The zero-order valence-electron chi connectivity index (χ0n) is 13.7. The van der Waals surface area contributed by atoms with E-state index in [9.17, 15) is 18.0 Å². The van der Waals surface area contributed by atoms with E-state index in [0.717, 1.165) is 29.8 Å². The van der Waals surface area contributed by atoms with Crippen LogP contribution in [0.1, 0.15) is 41.6 Å². The standard InChI is InChI=1S/C17H19F3N4O/c1-9-2-11-8-22-24-15(11)14(3-9)16(25)23-13-5-10(7-21)4-12(6-13)17(18,19)20/h4-6,8-9,14H,2-3,7,21H2,1H3,(H,22,24)(H,23,25). The summed E-state index contributed by atoms with van der Waals surface area (Å²) in [6, 6.07) is 3.38. The minimum absolute atomic E-state index is 0.0437. The van der Waals surface area contributed by atoms with Crippen molar-refractivity contribution in [3.63, 3.8) is 0 Å². The number of anilines is 1. The quantitative estimate of drug-likeness (QED) is 0.793. The average molecular weight is 352 g/mol. The van der Waals surface area contributed by atoms with Gasteiger partial charge >= 0.3 is 6.18 Å². The molecule has 0 saturated heterocycles. The summed E-state index contributed by atoms with van der Waals surface area (Å²) in [5.74, 6) is -0.515. The second-order valence-corrected chi connectivity index (χ2v) is 6.52. The largest absolute Gasteiger partial charge is 0.416 e. The average Bonchev–Trinajstić information content (AvgIpc) is 3.00. The Hall–Kier alpha value is -2.35. The summed E-state index contributed by atoms with van der Waals surface area (Å²) >= 11 is 0. The number of halogens is 3. The second kappa shape index (κ2) is 6.51. The number of aromatic amines is 1. The Labute approximate surface area is 142 Å². The predicted molar refractivity (Wildman–Crippen MR) is 86.8 cm³/mol. The minimum atomic E-state index is -4.50. The van der Waals surface area contributed by atoms with Crippen molar-refractivity contribution in [2.45, 2.75) is 38.4 Å². The van der Waals surface area contributed by atoms with Gasteiger partial charge in [0.2, 0.25) is 5.91 Å². The first-order chi connectivity index (χ1) is 11.8. The van der Waals surface area contributed by atoms with Crippen molar-refractivity contribution in [3.05, 3.63) is 46.8 Å². The van der Waals surface area contributed by atoms with Crippen LogP contribution in [0.25, 0.3) is 0 Å². The van der Waals surface area contributed by atoms with Gasteiger partial charge in [0.15, 0.2) is 0 Å². The lowest BCUT2D eigenvalue weighted by molar-refractivity contribution is -0.137. The van der Waals surface area contributed by atoms with Gasteiger partial charge in [-0.15, -0.1) is 0 Å². The fourth-order valence-electron chi connectivity index (χ4n) is 3.28. The first-order valence-corrected chi connectivity index (χ1v) is 8.02. The second-order valence-electron chi connectivity index (χ2n) is 6.52. The molecule has 2 aromatic rings. The van der Waals surface area contributed by atoms with Gasteiger partial charge in [0.1, 0.15) is 0 Å². The molecule has 0 spiro atoms. The fourth-order valence-corrected chi connectivity index (χ4v) is 3.28. The third-order valence-electron chi connectivity index (χ3n) is 4.45. The Kier molecular flexibility index (Phi) is 4.55. The number of amides is 1. The molecular formula is C17H19F3N4O. The summed E-state index contributed by atoms with van der Waals surface area (Å²) < 4.78 is 39.0. The zero-order valence-corrected chi connectivity index (χ0v) is 13.7. The summed E-state index contributed by atoms with van der Waals surface area (Å²) in [6.07, 6.45) is -1.36. The van der Waals surface area contributed by atoms with Crippen LogP contribution in [0.15, 0.2) is 24.4 Å². The SMILES string of the molecule is CC1Cc2cn[nH]c2C(C(=O)Nc2cc(CN)cc(C(F)(F)F)c2)C1. The molecule has 4 N–H and O–H groups in total. The molecule has 0 bridgehead atoms. The van der Waals surface area contributed by atoms with Crippen molar-refractivity contribution in [3.8, 4) is 0 Å². The smallest absolute Gasteiger partial charge is 0.326 e. The molecule has 8 heteroatoms. The van der Waals surface area contributed by atoms with Crippen molar-refractivity contribution >= 4 is 11.6 Å². The number of rotatable bonds is 3. The van der Waals surface area contributed by atoms with Gasteiger partial charge in [-0.2, -0.15) is 18.3 Å². The van der Waals surface area contributed by atoms with Crippen LogP contribution in [0, 0.1) is 5.92 Å². The van der Waals surface area contributed by atoms with E-state index < -0.39 is 17.7 Å². The number of benzene rings is 1. The number of carbonyl (C=O) groups excluding carboxylic acids is 1. The van der Waals surface area contributed by atoms with Crippen LogP contribution in [0.4, 0.5) is 18.9 Å². The van der Waals surface area contributed by atoms with Crippen molar-refractivity contribution in [2.24, 2.45) is 11.7 Å². The molecule has 2 unspecified atom stereocenters. The Balaban J connectivity index is 1.87. The molecule has 3 rings (SSSR count). The van der Waals surface area contributed by atoms with Gasteiger partial charge in [0.25, 0.3) is 0 Å². The van der Waals surface area contributed by atoms with Crippen molar-refractivity contribution in [1.82, 2.24) is 10.2 Å². The third kappa shape index (κ3) is 3.68. The van der Waals surface area contributed by atoms with Gasteiger partial charge in [-0.05, 0) is 48.1 Å². The Morgan fingerprint density at radius 2 is 2.16 bits per heavy atom. The van der Waals surface area contributed by atoms with Gasteiger partial charge in [0.05, 0.1) is 23.4 Å². The molecular weight excluding hydrogens is 333 g/mol. The van der Waals surface area contributed by atoms with Crippen LogP contribution in [-0.4, -0.2) is 16.1 Å². The Bertz CT molecular complexity index is 784. The van der Waals surface area contributed by atoms with E-state index in [1.165, 1.54) is 6.07 Å². The van der Waals surface area contributed by atoms with Crippen LogP contribution in [0.3, 0.4) is 0 Å². The van der Waals surface area contributed by atoms with Crippen LogP contribution >= 0.6 is 0 Å². The molecule has 1 aliphatic carbocycles. The van der Waals surface area contributed by atoms with Crippen LogP contribution in [0.2, 0.25) is 0 Å². The summed E-state index contributed by atoms with van der Waals surface area (Å²) in [7, 11) is 0. The molecule has 1 heterocycles. The lowest BCUT2D eigenvalue weighted by Crippen LogP contribution is -2.28. The van der Waals surface area contributed by atoms with Gasteiger partial charge in [-0.25, -0.2) is 0 Å². The number of hydrogen-bond acceptors (Lipinski definition) is 3. The lowest BCUT2D eigenvalue weighted by atomic mass is 9.81. The highest BCUT2D eigenvalue weighted by Gasteiger charge is 2.33. The number of H-pyrrole nitrogens is 1. The van der Waals surface area contributed by atoms with E-state index in [0.29, 0.717) is 17.9 Å². The molecule has 134 valence electrons. The summed E-state index contributed by atoms with van der Waals surface area (Å²) in [5.41, 5.74) is 6.77. The molecule has 0 saturated carbocycles. The molecule has 1 aromatic carbocycles. The monoisotopic (exact) mass is 352 g/mol. The van der Waals surface area contributed by atoms with E-state index in [-0.39, 0.29) is 18.1 Å². The number of nitrogens with zero attached hydrogens (tertiary/aromatic N) is 1. The van der Waals surface area contributed by atoms with Crippen molar-refractivity contribution < 1.29 is 18.0 Å². The fraction of sp³-hybridized carbons (Fsp3) is 0.412. The highest BCUT2D eigenvalue weighted by Crippen LogP contribution is 2.35. The van der Waals surface area contributed by atoms with Crippen molar-refractivity contribution in [2.75, 3.05) is 5.32 Å². The number of hydrogen-bond donors (Lipinski definition) is 3. The zero-order chi connectivity index (χ0) is 18.2. The van der Waals surface area contributed by atoms with E-state index in [4.69, 9.17) is 5.73 Å². The maximum atomic E-state index is 13.0. The van der Waals surface area contributed by atoms with Gasteiger partial charge in [-0.3, -0.25) is 9.89 Å². The Morgan fingerprint density at radius 3 is 2.84 bits per heavy atom. The topological polar surface area (TPSA) is 83.8 Å². The molecule has 2 atom stereocenters. The first kappa shape index (κ1) is 17.5. The van der Waals surface area contributed by atoms with Crippen molar-refractivity contribution in [1.29, 1.82) is 0 Å². The van der Waals surface area contributed by atoms with E-state index in [1.807, 2.05) is 6.92 Å². The number of fused-ring (bicyclic) bond motifs is 1. The number of nitrogens with one attached hydrogen (secondary N) is 2. The minimum Gasteiger partial charge on any atom is -0.326 e. The molecule has 1 amide bonds. The number of aromatic nitrogens is 2. The lowest BCUT2D eigenvalue weighted by Gasteiger charge is -2.26. The summed E-state index contributed by atoms with van der Waals surface area (Å²) in [6.45, 7) is 1.99. The molecule has 0 aliphatic heterocycles. The third-order valence-corrected chi connectivity index (χ3v) is 4.45. The van der Waals surface area contributed by atoms with Crippen LogP contribution in [-0.2, 0) is 23.9 Å². The van der Waals surface area contributed by atoms with Gasteiger partial charge in [-0.1, -0.05) is 6.92 Å². The van der Waals surface area contributed by atoms with E-state index >= 15 is 0 Å². The normalized spacial score (nSPS) is 20.2. The van der Waals surface area contributed by atoms with Crippen LogP contribution in [0.5, 0.6) is 0 Å². The summed E-state index contributed by atoms with van der Waals surface area (Å²) in [4.78, 5) is 12.7. The molecule has 1 aromatic heterocycles. The molecule has 0 fully saturated rings. The molecule has 5 nitrogen and oxygen atoms in total. The summed E-state index contributed by atoms with van der Waals surface area (Å²) in [5, 5.41) is 9.43. The number of carbonyl (C=O) groups is 1. The first-order valence-electron chi connectivity index (χ1n) is 8.02. The van der Waals surface area contributed by atoms with Crippen LogP contribution < -0.4 is 11.1 Å². The Morgan fingerprint density at radius 1 is 1.40 bits per heavy atom.